The fourth-order valence-electron chi connectivity index (χ4n) is 2.65. The third kappa shape index (κ3) is 6.24. The first-order chi connectivity index (χ1) is 13.3. The Morgan fingerprint density at radius 3 is 2.38 bits per heavy atom. The van der Waals surface area contributed by atoms with Gasteiger partial charge in [-0.2, -0.15) is 4.99 Å². The minimum Gasteiger partial charge on any atom is -0.444 e. The van der Waals surface area contributed by atoms with Gasteiger partial charge >= 0.3 is 13.2 Å². The molecule has 156 valence electrons. The van der Waals surface area contributed by atoms with Crippen LogP contribution in [0.2, 0.25) is 0 Å². The van der Waals surface area contributed by atoms with Crippen LogP contribution in [0.1, 0.15) is 54.0 Å². The second-order valence-corrected chi connectivity index (χ2v) is 9.11. The van der Waals surface area contributed by atoms with Crippen LogP contribution in [-0.2, 0) is 14.0 Å². The monoisotopic (exact) mass is 416 g/mol. The van der Waals surface area contributed by atoms with Crippen molar-refractivity contribution >= 4 is 42.4 Å². The van der Waals surface area contributed by atoms with Gasteiger partial charge in [-0.05, 0) is 72.2 Å². The van der Waals surface area contributed by atoms with Crippen molar-refractivity contribution < 1.29 is 18.8 Å². The molecule has 8 heteroatoms. The molecule has 0 aliphatic carbocycles. The molecule has 1 saturated heterocycles. The number of para-hydroxylation sites is 1. The highest BCUT2D eigenvalue weighted by Gasteiger charge is 2.52. The summed E-state index contributed by atoms with van der Waals surface area (Å²) in [7, 11) is -0.626. The molecule has 1 N–H and O–H groups in total. The molecular formula is C21H29BN2O4S. The lowest BCUT2D eigenvalue weighted by Crippen LogP contribution is -2.41. The van der Waals surface area contributed by atoms with E-state index in [1.807, 2.05) is 78.8 Å². The summed E-state index contributed by atoms with van der Waals surface area (Å²) in [5.41, 5.74) is 0.637. The average molecular weight is 416 g/mol. The van der Waals surface area contributed by atoms with Crippen LogP contribution in [0, 0.1) is 0 Å². The number of hydrogen-bond donors (Lipinski definition) is 1. The van der Waals surface area contributed by atoms with Crippen LogP contribution in [-0.4, -0.2) is 41.7 Å². The van der Waals surface area contributed by atoms with Crippen LogP contribution >= 0.6 is 12.2 Å². The van der Waals surface area contributed by atoms with Gasteiger partial charge < -0.3 is 19.4 Å². The molecule has 0 bridgehead atoms. The van der Waals surface area contributed by atoms with Gasteiger partial charge in [0.25, 0.3) is 0 Å². The van der Waals surface area contributed by atoms with Crippen LogP contribution in [0.3, 0.4) is 0 Å². The van der Waals surface area contributed by atoms with E-state index in [-0.39, 0.29) is 6.54 Å². The summed E-state index contributed by atoms with van der Waals surface area (Å²) in [6.07, 6.45) is 1.38. The van der Waals surface area contributed by atoms with Gasteiger partial charge in [-0.3, -0.25) is 0 Å². The molecule has 1 aromatic rings. The topological polar surface area (TPSA) is 69.2 Å². The molecule has 0 radical (unpaired) electrons. The number of aliphatic imine (C=N–C) groups is 1. The smallest absolute Gasteiger partial charge is 0.444 e. The highest BCUT2D eigenvalue weighted by Crippen LogP contribution is 2.39. The number of nitrogens with zero attached hydrogens (tertiary/aromatic N) is 1. The first kappa shape index (κ1) is 23.3. The first-order valence-corrected chi connectivity index (χ1v) is 9.95. The highest BCUT2D eigenvalue weighted by atomic mass is 32.1. The maximum Gasteiger partial charge on any atom is 0.492 e. The molecule has 2 rings (SSSR count). The molecule has 1 fully saturated rings. The first-order valence-electron chi connectivity index (χ1n) is 9.54. The van der Waals surface area contributed by atoms with E-state index in [0.29, 0.717) is 5.69 Å². The maximum absolute atomic E-state index is 12.2. The summed E-state index contributed by atoms with van der Waals surface area (Å²) in [5, 5.41) is 5.18. The maximum atomic E-state index is 12.2. The molecule has 1 aliphatic heterocycles. The Hall–Kier alpha value is -1.99. The van der Waals surface area contributed by atoms with Crippen molar-refractivity contribution in [1.82, 2.24) is 5.32 Å². The van der Waals surface area contributed by atoms with E-state index in [2.05, 4.69) is 15.5 Å². The van der Waals surface area contributed by atoms with Crippen molar-refractivity contribution in [2.45, 2.75) is 65.3 Å². The highest BCUT2D eigenvalue weighted by molar-refractivity contribution is 7.78. The van der Waals surface area contributed by atoms with E-state index in [1.54, 1.807) is 0 Å². The number of carbonyl (C=O) groups excluding carboxylic acids is 1. The van der Waals surface area contributed by atoms with Gasteiger partial charge in [0.15, 0.2) is 0 Å². The van der Waals surface area contributed by atoms with E-state index in [1.165, 1.54) is 0 Å². The van der Waals surface area contributed by atoms with Crippen molar-refractivity contribution in [2.24, 2.45) is 4.99 Å². The van der Waals surface area contributed by atoms with Crippen molar-refractivity contribution in [2.75, 3.05) is 6.54 Å². The molecule has 0 spiro atoms. The number of isothiocyanates is 1. The number of alkyl carbamates (subject to hydrolysis) is 1. The average Bonchev–Trinajstić information content (AvgIpc) is 2.79. The summed E-state index contributed by atoms with van der Waals surface area (Å²) in [5.74, 6) is 0. The number of ether oxygens (including phenoxy) is 1. The number of hydrogen-bond acceptors (Lipinski definition) is 6. The number of thiocarbonyl (C=S) groups is 1. The Kier molecular flexibility index (Phi) is 7.07. The minimum atomic E-state index is -0.626. The molecule has 1 aromatic carbocycles. The second-order valence-electron chi connectivity index (χ2n) is 8.92. The summed E-state index contributed by atoms with van der Waals surface area (Å²) < 4.78 is 17.7. The van der Waals surface area contributed by atoms with Crippen molar-refractivity contribution in [3.63, 3.8) is 0 Å². The van der Waals surface area contributed by atoms with E-state index in [4.69, 9.17) is 26.3 Å². The third-order valence-corrected chi connectivity index (χ3v) is 4.93. The molecule has 0 aromatic heterocycles. The molecule has 29 heavy (non-hydrogen) atoms. The zero-order chi connectivity index (χ0) is 21.9. The van der Waals surface area contributed by atoms with Crippen LogP contribution < -0.4 is 5.32 Å². The number of amides is 1. The Balaban J connectivity index is 2.34. The standard InChI is InChI=1S/C21H29BN2O4S/c1-19(2,3)26-18(25)23-13-16(22-27-20(4,5)21(6,7)28-22)12-15-10-8-9-11-17(15)24-14-29/h8-12H,13H2,1-7H3,(H,23,25). The Labute approximate surface area is 178 Å². The zero-order valence-electron chi connectivity index (χ0n) is 18.2. The van der Waals surface area contributed by atoms with E-state index >= 15 is 0 Å². The summed E-state index contributed by atoms with van der Waals surface area (Å²) in [6.45, 7) is 13.6. The van der Waals surface area contributed by atoms with Crippen LogP contribution in [0.5, 0.6) is 0 Å². The Morgan fingerprint density at radius 2 is 1.83 bits per heavy atom. The van der Waals surface area contributed by atoms with E-state index in [9.17, 15) is 4.79 Å². The van der Waals surface area contributed by atoms with Gasteiger partial charge in [0.1, 0.15) is 5.60 Å². The summed E-state index contributed by atoms with van der Waals surface area (Å²) in [4.78, 5) is 16.3. The molecule has 0 atom stereocenters. The van der Waals surface area contributed by atoms with Gasteiger partial charge in [-0.1, -0.05) is 24.3 Å². The van der Waals surface area contributed by atoms with Gasteiger partial charge in [0, 0.05) is 12.1 Å². The molecule has 1 amide bonds. The van der Waals surface area contributed by atoms with Crippen LogP contribution in [0.15, 0.2) is 34.7 Å². The van der Waals surface area contributed by atoms with Crippen LogP contribution in [0.25, 0.3) is 6.08 Å². The van der Waals surface area contributed by atoms with Gasteiger partial charge in [-0.25, -0.2) is 4.79 Å². The normalized spacial score (nSPS) is 18.2. The summed E-state index contributed by atoms with van der Waals surface area (Å²) in [6, 6.07) is 7.52. The molecular weight excluding hydrogens is 387 g/mol. The largest absolute Gasteiger partial charge is 0.492 e. The van der Waals surface area contributed by atoms with Gasteiger partial charge in [-0.15, -0.1) is 0 Å². The van der Waals surface area contributed by atoms with Crippen molar-refractivity contribution in [3.05, 3.63) is 35.3 Å². The van der Waals surface area contributed by atoms with E-state index in [0.717, 1.165) is 11.0 Å². The number of nitrogens with one attached hydrogen (secondary N) is 1. The predicted octanol–water partition coefficient (Wildman–Crippen LogP) is 4.96. The quantitative estimate of drug-likeness (QED) is 0.417. The fourth-order valence-corrected chi connectivity index (χ4v) is 2.74. The fraction of sp³-hybridized carbons (Fsp3) is 0.524. The minimum absolute atomic E-state index is 0.196. The van der Waals surface area contributed by atoms with Crippen molar-refractivity contribution in [3.8, 4) is 0 Å². The Morgan fingerprint density at radius 1 is 1.24 bits per heavy atom. The molecule has 0 saturated carbocycles. The second kappa shape index (κ2) is 8.80. The Bertz CT molecular complexity index is 823. The van der Waals surface area contributed by atoms with Crippen LogP contribution in [0.4, 0.5) is 10.5 Å². The van der Waals surface area contributed by atoms with Gasteiger partial charge in [0.2, 0.25) is 0 Å². The summed E-state index contributed by atoms with van der Waals surface area (Å²) >= 11 is 4.75. The lowest BCUT2D eigenvalue weighted by atomic mass is 9.77. The molecule has 1 heterocycles. The third-order valence-electron chi connectivity index (χ3n) is 4.84. The molecule has 1 aliphatic rings. The predicted molar refractivity (Wildman–Crippen MR) is 119 cm³/mol. The van der Waals surface area contributed by atoms with E-state index < -0.39 is 30.0 Å². The van der Waals surface area contributed by atoms with Crippen molar-refractivity contribution in [1.29, 1.82) is 0 Å². The number of carbonyl (C=O) groups is 1. The zero-order valence-corrected chi connectivity index (χ0v) is 19.0. The number of benzene rings is 1. The lowest BCUT2D eigenvalue weighted by Gasteiger charge is -2.32. The lowest BCUT2D eigenvalue weighted by molar-refractivity contribution is 0.00578. The SMILES string of the molecule is CC(C)(C)OC(=O)NCC(=Cc1ccccc1N=C=S)B1OC(C)(C)C(C)(C)O1. The number of rotatable bonds is 5. The van der Waals surface area contributed by atoms with Gasteiger partial charge in [0.05, 0.1) is 22.1 Å². The molecule has 6 nitrogen and oxygen atoms in total. The molecule has 0 unspecified atom stereocenters.